The summed E-state index contributed by atoms with van der Waals surface area (Å²) in [7, 11) is -3.39. The van der Waals surface area contributed by atoms with E-state index >= 15 is 0 Å². The Balaban J connectivity index is 3.09. The van der Waals surface area contributed by atoms with Crippen molar-refractivity contribution in [3.05, 3.63) is 33.9 Å². The van der Waals surface area contributed by atoms with Crippen molar-refractivity contribution in [1.82, 2.24) is 0 Å². The molecule has 0 N–H and O–H groups in total. The quantitative estimate of drug-likeness (QED) is 0.470. The van der Waals surface area contributed by atoms with Gasteiger partial charge in [-0.1, -0.05) is 0 Å². The number of nitro benzene ring substituents is 1. The summed E-state index contributed by atoms with van der Waals surface area (Å²) >= 11 is 5.44. The maximum atomic E-state index is 11.8. The number of sulfone groups is 1. The van der Waals surface area contributed by atoms with Crippen LogP contribution in [0.4, 0.5) is 5.69 Å². The van der Waals surface area contributed by atoms with Crippen LogP contribution in [0, 0.1) is 17.0 Å². The molecule has 0 heterocycles. The molecule has 0 spiro atoms. The fourth-order valence-corrected chi connectivity index (χ4v) is 3.07. The number of halogens is 1. The smallest absolute Gasteiger partial charge is 0.258 e. The molecule has 1 rings (SSSR count). The molecule has 0 radical (unpaired) electrons. The van der Waals surface area contributed by atoms with E-state index in [0.29, 0.717) is 12.0 Å². The molecule has 5 nitrogen and oxygen atoms in total. The number of hydrogen-bond acceptors (Lipinski definition) is 4. The zero-order chi connectivity index (χ0) is 13.1. The standard InChI is InChI=1S/C10H12ClNO4S/c1-8-7-9(3-4-10(8)12(13)14)17(15,16)6-2-5-11/h3-4,7H,2,5-6H2,1H3. The summed E-state index contributed by atoms with van der Waals surface area (Å²) in [5.74, 6) is 0.221. The van der Waals surface area contributed by atoms with Gasteiger partial charge in [0.05, 0.1) is 15.6 Å². The second kappa shape index (κ2) is 5.46. The molecule has 0 amide bonds. The second-order valence-electron chi connectivity index (χ2n) is 3.57. The summed E-state index contributed by atoms with van der Waals surface area (Å²) < 4.78 is 23.6. The van der Waals surface area contributed by atoms with Crippen molar-refractivity contribution in [3.8, 4) is 0 Å². The van der Waals surface area contributed by atoms with Gasteiger partial charge in [-0.2, -0.15) is 0 Å². The van der Waals surface area contributed by atoms with E-state index in [9.17, 15) is 18.5 Å². The number of aryl methyl sites for hydroxylation is 1. The Bertz CT molecular complexity index is 527. The third-order valence-corrected chi connectivity index (χ3v) is 4.34. The molecular formula is C10H12ClNO4S. The first-order chi connectivity index (χ1) is 7.88. The van der Waals surface area contributed by atoms with Crippen molar-refractivity contribution >= 4 is 27.1 Å². The molecule has 0 atom stereocenters. The second-order valence-corrected chi connectivity index (χ2v) is 6.05. The molecule has 0 unspecified atom stereocenters. The van der Waals surface area contributed by atoms with Crippen molar-refractivity contribution in [1.29, 1.82) is 0 Å². The van der Waals surface area contributed by atoms with E-state index in [0.717, 1.165) is 0 Å². The van der Waals surface area contributed by atoms with Crippen LogP contribution in [-0.4, -0.2) is 25.0 Å². The minimum Gasteiger partial charge on any atom is -0.258 e. The Morgan fingerprint density at radius 2 is 2.06 bits per heavy atom. The average Bonchev–Trinajstić information content (AvgIpc) is 2.25. The highest BCUT2D eigenvalue weighted by Crippen LogP contribution is 2.22. The lowest BCUT2D eigenvalue weighted by atomic mass is 10.2. The van der Waals surface area contributed by atoms with Crippen LogP contribution in [0.2, 0.25) is 0 Å². The molecule has 17 heavy (non-hydrogen) atoms. The van der Waals surface area contributed by atoms with Crippen LogP contribution in [0.1, 0.15) is 12.0 Å². The molecule has 1 aromatic rings. The van der Waals surface area contributed by atoms with Crippen LogP contribution in [0.15, 0.2) is 23.1 Å². The summed E-state index contributed by atoms with van der Waals surface area (Å²) in [5.41, 5.74) is 0.253. The van der Waals surface area contributed by atoms with Crippen LogP contribution in [-0.2, 0) is 9.84 Å². The molecule has 0 fully saturated rings. The van der Waals surface area contributed by atoms with Crippen LogP contribution in [0.3, 0.4) is 0 Å². The Kier molecular flexibility index (Phi) is 4.47. The molecular weight excluding hydrogens is 266 g/mol. The highest BCUT2D eigenvalue weighted by molar-refractivity contribution is 7.91. The zero-order valence-electron chi connectivity index (χ0n) is 9.22. The van der Waals surface area contributed by atoms with Gasteiger partial charge in [0.1, 0.15) is 0 Å². The molecule has 7 heteroatoms. The largest absolute Gasteiger partial charge is 0.272 e. The van der Waals surface area contributed by atoms with Crippen LogP contribution >= 0.6 is 11.6 Å². The summed E-state index contributed by atoms with van der Waals surface area (Å²) in [6.45, 7) is 1.51. The average molecular weight is 278 g/mol. The van der Waals surface area contributed by atoms with Crippen molar-refractivity contribution in [3.63, 3.8) is 0 Å². The van der Waals surface area contributed by atoms with Gasteiger partial charge in [0.25, 0.3) is 5.69 Å². The lowest BCUT2D eigenvalue weighted by molar-refractivity contribution is -0.385. The number of nitro groups is 1. The first-order valence-electron chi connectivity index (χ1n) is 4.92. The van der Waals surface area contributed by atoms with Crippen LogP contribution in [0.5, 0.6) is 0 Å². The lowest BCUT2D eigenvalue weighted by Crippen LogP contribution is -2.08. The van der Waals surface area contributed by atoms with Gasteiger partial charge in [0.2, 0.25) is 0 Å². The zero-order valence-corrected chi connectivity index (χ0v) is 10.8. The first-order valence-corrected chi connectivity index (χ1v) is 7.11. The van der Waals surface area contributed by atoms with Gasteiger partial charge in [-0.15, -0.1) is 11.6 Å². The number of rotatable bonds is 5. The minimum absolute atomic E-state index is 0.0479. The fraction of sp³-hybridized carbons (Fsp3) is 0.400. The van der Waals surface area contributed by atoms with E-state index in [1.165, 1.54) is 25.1 Å². The Morgan fingerprint density at radius 3 is 2.53 bits per heavy atom. The predicted octanol–water partition coefficient (Wildman–Crippen LogP) is 2.31. The van der Waals surface area contributed by atoms with E-state index in [-0.39, 0.29) is 22.2 Å². The van der Waals surface area contributed by atoms with E-state index < -0.39 is 14.8 Å². The molecule has 0 bridgehead atoms. The van der Waals surface area contributed by atoms with Gasteiger partial charge in [-0.3, -0.25) is 10.1 Å². The third kappa shape index (κ3) is 3.41. The van der Waals surface area contributed by atoms with Crippen molar-refractivity contribution in [2.45, 2.75) is 18.2 Å². The van der Waals surface area contributed by atoms with Crippen LogP contribution < -0.4 is 0 Å². The third-order valence-electron chi connectivity index (χ3n) is 2.27. The molecule has 0 aliphatic carbocycles. The maximum Gasteiger partial charge on any atom is 0.272 e. The molecule has 0 aromatic heterocycles. The molecule has 0 saturated heterocycles. The normalized spacial score (nSPS) is 11.4. The van der Waals surface area contributed by atoms with Gasteiger partial charge < -0.3 is 0 Å². The SMILES string of the molecule is Cc1cc(S(=O)(=O)CCCCl)ccc1[N+](=O)[O-]. The monoisotopic (exact) mass is 277 g/mol. The predicted molar refractivity (Wildman–Crippen MR) is 65.2 cm³/mol. The van der Waals surface area contributed by atoms with Gasteiger partial charge in [0.15, 0.2) is 9.84 Å². The van der Waals surface area contributed by atoms with E-state index in [1.807, 2.05) is 0 Å². The number of benzene rings is 1. The topological polar surface area (TPSA) is 77.3 Å². The number of hydrogen-bond donors (Lipinski definition) is 0. The van der Waals surface area contributed by atoms with Gasteiger partial charge in [-0.25, -0.2) is 8.42 Å². The molecule has 94 valence electrons. The van der Waals surface area contributed by atoms with Gasteiger partial charge in [-0.05, 0) is 25.5 Å². The lowest BCUT2D eigenvalue weighted by Gasteiger charge is -2.04. The fourth-order valence-electron chi connectivity index (χ4n) is 1.39. The highest BCUT2D eigenvalue weighted by Gasteiger charge is 2.18. The van der Waals surface area contributed by atoms with Gasteiger partial charge in [0, 0.05) is 17.5 Å². The first kappa shape index (κ1) is 13.9. The number of alkyl halides is 1. The molecule has 0 aliphatic rings. The molecule has 0 saturated carbocycles. The van der Waals surface area contributed by atoms with Crippen LogP contribution in [0.25, 0.3) is 0 Å². The maximum absolute atomic E-state index is 11.8. The van der Waals surface area contributed by atoms with Gasteiger partial charge >= 0.3 is 0 Å². The highest BCUT2D eigenvalue weighted by atomic mass is 35.5. The summed E-state index contributed by atoms with van der Waals surface area (Å²) in [4.78, 5) is 10.2. The van der Waals surface area contributed by atoms with E-state index in [4.69, 9.17) is 11.6 Å². The number of nitrogens with zero attached hydrogens (tertiary/aromatic N) is 1. The summed E-state index contributed by atoms with van der Waals surface area (Å²) in [6.07, 6.45) is 0.361. The Morgan fingerprint density at radius 1 is 1.41 bits per heavy atom. The van der Waals surface area contributed by atoms with Crippen molar-refractivity contribution in [2.75, 3.05) is 11.6 Å². The Labute approximate surface area is 104 Å². The van der Waals surface area contributed by atoms with Crippen molar-refractivity contribution in [2.24, 2.45) is 0 Å². The summed E-state index contributed by atoms with van der Waals surface area (Å²) in [6, 6.07) is 3.79. The Hall–Kier alpha value is -1.14. The molecule has 0 aliphatic heterocycles. The summed E-state index contributed by atoms with van der Waals surface area (Å²) in [5, 5.41) is 10.6. The van der Waals surface area contributed by atoms with E-state index in [2.05, 4.69) is 0 Å². The minimum atomic E-state index is -3.39. The van der Waals surface area contributed by atoms with Crippen molar-refractivity contribution < 1.29 is 13.3 Å². The van der Waals surface area contributed by atoms with E-state index in [1.54, 1.807) is 0 Å². The molecule has 1 aromatic carbocycles.